The number of anilines is 1. The van der Waals surface area contributed by atoms with Gasteiger partial charge < -0.3 is 10.6 Å². The van der Waals surface area contributed by atoms with Crippen molar-refractivity contribution >= 4 is 23.1 Å². The number of rotatable bonds is 6. The van der Waals surface area contributed by atoms with Gasteiger partial charge in [-0.15, -0.1) is 10.2 Å². The van der Waals surface area contributed by atoms with Crippen LogP contribution in [0.15, 0.2) is 18.3 Å². The van der Waals surface area contributed by atoms with Gasteiger partial charge in [-0.05, 0) is 37.8 Å². The van der Waals surface area contributed by atoms with Gasteiger partial charge in [0.2, 0.25) is 0 Å². The Kier molecular flexibility index (Phi) is 4.92. The van der Waals surface area contributed by atoms with Gasteiger partial charge in [-0.3, -0.25) is 4.79 Å². The van der Waals surface area contributed by atoms with Crippen LogP contribution in [0.25, 0.3) is 0 Å². The van der Waals surface area contributed by atoms with Crippen molar-refractivity contribution in [1.29, 1.82) is 0 Å². The molecular formula is C18H23N5OS. The summed E-state index contributed by atoms with van der Waals surface area (Å²) in [6.07, 6.45) is 10.3. The van der Waals surface area contributed by atoms with E-state index in [1.807, 2.05) is 6.07 Å². The number of nitrogens with zero attached hydrogens (tertiary/aromatic N) is 3. The van der Waals surface area contributed by atoms with Crippen molar-refractivity contribution in [2.75, 3.05) is 5.32 Å². The van der Waals surface area contributed by atoms with Gasteiger partial charge in [-0.2, -0.15) is 0 Å². The zero-order valence-corrected chi connectivity index (χ0v) is 15.0. The summed E-state index contributed by atoms with van der Waals surface area (Å²) >= 11 is 1.62. The molecule has 2 aromatic rings. The normalized spacial score (nSPS) is 18.1. The molecule has 1 amide bonds. The Hall–Kier alpha value is -2.02. The summed E-state index contributed by atoms with van der Waals surface area (Å²) in [5.74, 6) is 1.27. The average Bonchev–Trinajstić information content (AvgIpc) is 3.23. The van der Waals surface area contributed by atoms with Gasteiger partial charge in [0, 0.05) is 23.7 Å². The first kappa shape index (κ1) is 16.4. The lowest BCUT2D eigenvalue weighted by Gasteiger charge is -2.21. The molecule has 0 aliphatic heterocycles. The lowest BCUT2D eigenvalue weighted by atomic mass is 9.86. The van der Waals surface area contributed by atoms with E-state index in [9.17, 15) is 4.79 Å². The summed E-state index contributed by atoms with van der Waals surface area (Å²) in [6, 6.07) is 4.06. The maximum atomic E-state index is 12.4. The van der Waals surface area contributed by atoms with Crippen LogP contribution in [0.1, 0.15) is 71.2 Å². The van der Waals surface area contributed by atoms with E-state index in [1.54, 1.807) is 23.6 Å². The fourth-order valence-electron chi connectivity index (χ4n) is 3.35. The Morgan fingerprint density at radius 1 is 1.16 bits per heavy atom. The highest BCUT2D eigenvalue weighted by Gasteiger charge is 2.23. The van der Waals surface area contributed by atoms with Crippen LogP contribution in [0, 0.1) is 0 Å². The summed E-state index contributed by atoms with van der Waals surface area (Å²) < 4.78 is 0. The number of aromatic nitrogens is 3. The Labute approximate surface area is 151 Å². The number of hydrogen-bond acceptors (Lipinski definition) is 6. The largest absolute Gasteiger partial charge is 0.367 e. The van der Waals surface area contributed by atoms with E-state index >= 15 is 0 Å². The molecule has 2 N–H and O–H groups in total. The van der Waals surface area contributed by atoms with Crippen molar-refractivity contribution < 1.29 is 4.79 Å². The molecule has 0 bridgehead atoms. The van der Waals surface area contributed by atoms with E-state index in [-0.39, 0.29) is 5.91 Å². The predicted molar refractivity (Wildman–Crippen MR) is 97.8 cm³/mol. The fourth-order valence-corrected chi connectivity index (χ4v) is 4.30. The topological polar surface area (TPSA) is 79.8 Å². The third kappa shape index (κ3) is 3.98. The first-order valence-electron chi connectivity index (χ1n) is 9.11. The molecule has 2 aliphatic carbocycles. The van der Waals surface area contributed by atoms with Crippen LogP contribution in [0.3, 0.4) is 0 Å². The Bertz CT molecular complexity index is 737. The number of amides is 1. The molecule has 0 atom stereocenters. The summed E-state index contributed by atoms with van der Waals surface area (Å²) in [7, 11) is 0. The summed E-state index contributed by atoms with van der Waals surface area (Å²) in [6.45, 7) is 0.428. The van der Waals surface area contributed by atoms with Gasteiger partial charge in [0.25, 0.3) is 5.91 Å². The minimum Gasteiger partial charge on any atom is -0.367 e. The smallest absolute Gasteiger partial charge is 0.251 e. The van der Waals surface area contributed by atoms with E-state index < -0.39 is 0 Å². The molecule has 0 unspecified atom stereocenters. The molecule has 2 heterocycles. The predicted octanol–water partition coefficient (Wildman–Crippen LogP) is 3.49. The monoisotopic (exact) mass is 357 g/mol. The number of hydrogen-bond donors (Lipinski definition) is 2. The molecule has 7 heteroatoms. The molecule has 4 rings (SSSR count). The number of carbonyl (C=O) groups excluding carboxylic acids is 1. The van der Waals surface area contributed by atoms with Crippen molar-refractivity contribution in [2.24, 2.45) is 0 Å². The van der Waals surface area contributed by atoms with Crippen LogP contribution in [0.2, 0.25) is 0 Å². The molecule has 2 saturated carbocycles. The van der Waals surface area contributed by atoms with E-state index in [4.69, 9.17) is 0 Å². The van der Waals surface area contributed by atoms with Gasteiger partial charge in [0.05, 0.1) is 6.54 Å². The van der Waals surface area contributed by atoms with Gasteiger partial charge in [-0.1, -0.05) is 30.6 Å². The van der Waals surface area contributed by atoms with Crippen LogP contribution in [0.4, 0.5) is 5.82 Å². The average molecular weight is 357 g/mol. The molecule has 2 aromatic heterocycles. The third-order valence-electron chi connectivity index (χ3n) is 5.07. The van der Waals surface area contributed by atoms with E-state index in [1.165, 1.54) is 44.9 Å². The van der Waals surface area contributed by atoms with Gasteiger partial charge in [0.15, 0.2) is 0 Å². The van der Waals surface area contributed by atoms with Crippen LogP contribution in [-0.2, 0) is 6.54 Å². The maximum Gasteiger partial charge on any atom is 0.251 e. The Balaban J connectivity index is 1.33. The zero-order valence-electron chi connectivity index (χ0n) is 14.2. The molecule has 0 radical (unpaired) electrons. The number of carbonyl (C=O) groups is 1. The lowest BCUT2D eigenvalue weighted by molar-refractivity contribution is 0.0950. The molecule has 0 saturated heterocycles. The maximum absolute atomic E-state index is 12.4. The van der Waals surface area contributed by atoms with Crippen LogP contribution in [-0.4, -0.2) is 27.1 Å². The van der Waals surface area contributed by atoms with Gasteiger partial charge >= 0.3 is 0 Å². The van der Waals surface area contributed by atoms with Crippen molar-refractivity contribution in [3.8, 4) is 0 Å². The van der Waals surface area contributed by atoms with E-state index in [0.29, 0.717) is 24.1 Å². The van der Waals surface area contributed by atoms with Gasteiger partial charge in [-0.25, -0.2) is 4.98 Å². The quantitative estimate of drug-likeness (QED) is 0.827. The second kappa shape index (κ2) is 7.47. The van der Waals surface area contributed by atoms with Crippen molar-refractivity contribution in [2.45, 2.75) is 63.5 Å². The standard InChI is InChI=1S/C18H23N5OS/c24-17(20-11-16-22-23-18(25-16)12-4-3-5-12)13-8-9-19-15(10-13)21-14-6-1-2-7-14/h8-10,12,14H,1-7,11H2,(H,19,21)(H,20,24). The van der Waals surface area contributed by atoms with Crippen molar-refractivity contribution in [3.63, 3.8) is 0 Å². The highest BCUT2D eigenvalue weighted by atomic mass is 32.1. The van der Waals surface area contributed by atoms with E-state index in [2.05, 4.69) is 25.8 Å². The molecule has 2 aliphatic rings. The number of pyridine rings is 1. The van der Waals surface area contributed by atoms with Crippen LogP contribution >= 0.6 is 11.3 Å². The van der Waals surface area contributed by atoms with Crippen molar-refractivity contribution in [1.82, 2.24) is 20.5 Å². The fraction of sp³-hybridized carbons (Fsp3) is 0.556. The molecule has 132 valence electrons. The van der Waals surface area contributed by atoms with Gasteiger partial charge in [0.1, 0.15) is 15.8 Å². The third-order valence-corrected chi connectivity index (χ3v) is 6.15. The highest BCUT2D eigenvalue weighted by Crippen LogP contribution is 2.37. The first-order chi connectivity index (χ1) is 12.3. The summed E-state index contributed by atoms with van der Waals surface area (Å²) in [4.78, 5) is 16.7. The van der Waals surface area contributed by atoms with Crippen LogP contribution < -0.4 is 10.6 Å². The minimum absolute atomic E-state index is 0.0998. The second-order valence-corrected chi connectivity index (χ2v) is 7.99. The molecule has 0 spiro atoms. The molecular weight excluding hydrogens is 334 g/mol. The first-order valence-corrected chi connectivity index (χ1v) is 9.92. The zero-order chi connectivity index (χ0) is 17.1. The minimum atomic E-state index is -0.0998. The second-order valence-electron chi connectivity index (χ2n) is 6.90. The molecule has 0 aromatic carbocycles. The lowest BCUT2D eigenvalue weighted by Crippen LogP contribution is -2.23. The van der Waals surface area contributed by atoms with Crippen LogP contribution in [0.5, 0.6) is 0 Å². The highest BCUT2D eigenvalue weighted by molar-refractivity contribution is 7.11. The van der Waals surface area contributed by atoms with Crippen molar-refractivity contribution in [3.05, 3.63) is 33.9 Å². The molecule has 25 heavy (non-hydrogen) atoms. The molecule has 6 nitrogen and oxygen atoms in total. The summed E-state index contributed by atoms with van der Waals surface area (Å²) in [5, 5.41) is 16.8. The Morgan fingerprint density at radius 2 is 2.00 bits per heavy atom. The molecule has 2 fully saturated rings. The Morgan fingerprint density at radius 3 is 2.76 bits per heavy atom. The number of nitrogens with one attached hydrogen (secondary N) is 2. The SMILES string of the molecule is O=C(NCc1nnc(C2CCC2)s1)c1ccnc(NC2CCCC2)c1. The van der Waals surface area contributed by atoms with E-state index in [0.717, 1.165) is 15.8 Å². The summed E-state index contributed by atoms with van der Waals surface area (Å²) in [5.41, 5.74) is 0.624.